The van der Waals surface area contributed by atoms with Crippen LogP contribution < -0.4 is 11.1 Å². The zero-order chi connectivity index (χ0) is 14.0. The first-order valence-corrected chi connectivity index (χ1v) is 6.87. The zero-order valence-corrected chi connectivity index (χ0v) is 12.8. The van der Waals surface area contributed by atoms with E-state index < -0.39 is 11.7 Å². The van der Waals surface area contributed by atoms with E-state index in [9.17, 15) is 9.18 Å². The van der Waals surface area contributed by atoms with Gasteiger partial charge in [0.1, 0.15) is 5.82 Å². The van der Waals surface area contributed by atoms with E-state index in [1.54, 1.807) is 12.1 Å². The van der Waals surface area contributed by atoms with E-state index in [0.29, 0.717) is 15.8 Å². The molecule has 3 nitrogen and oxygen atoms in total. The molecule has 0 aromatic heterocycles. The third kappa shape index (κ3) is 3.33. The molecule has 2 aromatic rings. The van der Waals surface area contributed by atoms with E-state index in [4.69, 9.17) is 5.73 Å². The molecule has 0 saturated heterocycles. The lowest BCUT2D eigenvalue weighted by atomic mass is 10.1. The largest absolute Gasteiger partial charge is 0.399 e. The first kappa shape index (κ1) is 14.0. The summed E-state index contributed by atoms with van der Waals surface area (Å²) in [6.45, 7) is 0. The monoisotopic (exact) mass is 386 g/mol. The fourth-order valence-corrected chi connectivity index (χ4v) is 2.21. The second kappa shape index (κ2) is 5.71. The van der Waals surface area contributed by atoms with Crippen LogP contribution in [-0.4, -0.2) is 5.91 Å². The Bertz CT molecular complexity index is 647. The lowest BCUT2D eigenvalue weighted by Gasteiger charge is -2.09. The summed E-state index contributed by atoms with van der Waals surface area (Å²) in [5.74, 6) is -1.17. The molecule has 3 N–H and O–H groups in total. The van der Waals surface area contributed by atoms with Crippen LogP contribution in [0.5, 0.6) is 0 Å². The van der Waals surface area contributed by atoms with Crippen molar-refractivity contribution >= 4 is 49.1 Å². The summed E-state index contributed by atoms with van der Waals surface area (Å²) in [6, 6.07) is 9.18. The van der Waals surface area contributed by atoms with E-state index in [1.165, 1.54) is 18.2 Å². The van der Waals surface area contributed by atoms with Gasteiger partial charge in [-0.1, -0.05) is 15.9 Å². The average molecular weight is 388 g/mol. The second-order valence-corrected chi connectivity index (χ2v) is 5.59. The molecule has 0 aliphatic rings. The van der Waals surface area contributed by atoms with E-state index in [-0.39, 0.29) is 5.56 Å². The number of carbonyl (C=O) groups is 1. The molecule has 1 amide bonds. The lowest BCUT2D eigenvalue weighted by Crippen LogP contribution is -2.14. The molecule has 0 aliphatic heterocycles. The highest BCUT2D eigenvalue weighted by Crippen LogP contribution is 2.27. The van der Waals surface area contributed by atoms with Crippen molar-refractivity contribution in [3.8, 4) is 0 Å². The van der Waals surface area contributed by atoms with Crippen LogP contribution in [0.2, 0.25) is 0 Å². The smallest absolute Gasteiger partial charge is 0.258 e. The zero-order valence-electron chi connectivity index (χ0n) is 9.58. The summed E-state index contributed by atoms with van der Waals surface area (Å²) < 4.78 is 15.1. The van der Waals surface area contributed by atoms with Crippen LogP contribution in [0.3, 0.4) is 0 Å². The highest BCUT2D eigenvalue weighted by Gasteiger charge is 2.13. The van der Waals surface area contributed by atoms with Crippen molar-refractivity contribution < 1.29 is 9.18 Å². The van der Waals surface area contributed by atoms with Gasteiger partial charge >= 0.3 is 0 Å². The van der Waals surface area contributed by atoms with Gasteiger partial charge < -0.3 is 11.1 Å². The predicted molar refractivity (Wildman–Crippen MR) is 80.6 cm³/mol. The Hall–Kier alpha value is -1.40. The highest BCUT2D eigenvalue weighted by molar-refractivity contribution is 9.11. The minimum Gasteiger partial charge on any atom is -0.399 e. The Balaban J connectivity index is 2.30. The van der Waals surface area contributed by atoms with Crippen LogP contribution in [0.25, 0.3) is 0 Å². The Morgan fingerprint density at radius 3 is 2.63 bits per heavy atom. The first-order chi connectivity index (χ1) is 8.97. The third-order valence-corrected chi connectivity index (χ3v) is 3.60. The number of benzene rings is 2. The van der Waals surface area contributed by atoms with Gasteiger partial charge in [-0.25, -0.2) is 4.39 Å². The summed E-state index contributed by atoms with van der Waals surface area (Å²) in [4.78, 5) is 12.0. The topological polar surface area (TPSA) is 55.1 Å². The summed E-state index contributed by atoms with van der Waals surface area (Å²) >= 11 is 6.61. The fourth-order valence-electron chi connectivity index (χ4n) is 1.50. The fraction of sp³-hybridized carbons (Fsp3) is 0. The van der Waals surface area contributed by atoms with Gasteiger partial charge in [0, 0.05) is 14.6 Å². The highest BCUT2D eigenvalue weighted by atomic mass is 79.9. The van der Waals surface area contributed by atoms with Gasteiger partial charge in [-0.3, -0.25) is 4.79 Å². The van der Waals surface area contributed by atoms with Gasteiger partial charge in [0.05, 0.1) is 11.3 Å². The molecule has 6 heteroatoms. The van der Waals surface area contributed by atoms with Gasteiger partial charge in [-0.15, -0.1) is 0 Å². The standard InChI is InChI=1S/C13H9Br2FN2O/c14-7-1-3-10(15)12(5-7)18-13(19)9-6-8(17)2-4-11(9)16/h1-6H,17H2,(H,18,19). The number of amides is 1. The minimum atomic E-state index is -0.613. The Morgan fingerprint density at radius 1 is 1.16 bits per heavy atom. The molecule has 2 rings (SSSR count). The Labute approximate surface area is 126 Å². The SMILES string of the molecule is Nc1ccc(F)c(C(=O)Nc2cc(Br)ccc2Br)c1. The van der Waals surface area contributed by atoms with Crippen molar-refractivity contribution in [2.45, 2.75) is 0 Å². The third-order valence-electron chi connectivity index (χ3n) is 2.41. The van der Waals surface area contributed by atoms with Crippen LogP contribution in [0.1, 0.15) is 10.4 Å². The lowest BCUT2D eigenvalue weighted by molar-refractivity contribution is 0.102. The number of nitrogen functional groups attached to an aromatic ring is 1. The second-order valence-electron chi connectivity index (χ2n) is 3.82. The normalized spacial score (nSPS) is 10.3. The van der Waals surface area contributed by atoms with Crippen molar-refractivity contribution in [3.63, 3.8) is 0 Å². The average Bonchev–Trinajstić information content (AvgIpc) is 2.36. The van der Waals surface area contributed by atoms with E-state index in [2.05, 4.69) is 37.2 Å². The molecule has 0 fully saturated rings. The maximum atomic E-state index is 13.6. The molecule has 2 aromatic carbocycles. The van der Waals surface area contributed by atoms with Gasteiger partial charge in [0.2, 0.25) is 0 Å². The maximum absolute atomic E-state index is 13.6. The van der Waals surface area contributed by atoms with E-state index in [1.807, 2.05) is 6.07 Å². The van der Waals surface area contributed by atoms with E-state index in [0.717, 1.165) is 4.47 Å². The predicted octanol–water partition coefficient (Wildman–Crippen LogP) is 4.19. The summed E-state index contributed by atoms with van der Waals surface area (Å²) in [7, 11) is 0. The van der Waals surface area contributed by atoms with Crippen LogP contribution >= 0.6 is 31.9 Å². The Kier molecular flexibility index (Phi) is 4.21. The summed E-state index contributed by atoms with van der Waals surface area (Å²) in [6.07, 6.45) is 0. The molecular formula is C13H9Br2FN2O. The number of nitrogens with one attached hydrogen (secondary N) is 1. The van der Waals surface area contributed by atoms with Crippen molar-refractivity contribution in [1.29, 1.82) is 0 Å². The summed E-state index contributed by atoms with van der Waals surface area (Å²) in [5.41, 5.74) is 6.33. The van der Waals surface area contributed by atoms with Crippen LogP contribution in [0.4, 0.5) is 15.8 Å². The minimum absolute atomic E-state index is 0.0909. The van der Waals surface area contributed by atoms with Gasteiger partial charge in [0.15, 0.2) is 0 Å². The maximum Gasteiger partial charge on any atom is 0.258 e. The number of nitrogens with two attached hydrogens (primary N) is 1. The molecule has 0 saturated carbocycles. The molecular weight excluding hydrogens is 379 g/mol. The number of carbonyl (C=O) groups excluding carboxylic acids is 1. The number of anilines is 2. The van der Waals surface area contributed by atoms with Gasteiger partial charge in [-0.2, -0.15) is 0 Å². The molecule has 98 valence electrons. The molecule has 19 heavy (non-hydrogen) atoms. The van der Waals surface area contributed by atoms with Crippen molar-refractivity contribution in [3.05, 3.63) is 56.7 Å². The van der Waals surface area contributed by atoms with Crippen LogP contribution in [0.15, 0.2) is 45.3 Å². The quantitative estimate of drug-likeness (QED) is 0.759. The summed E-state index contributed by atoms with van der Waals surface area (Å²) in [5, 5.41) is 2.62. The van der Waals surface area contributed by atoms with Crippen molar-refractivity contribution in [2.75, 3.05) is 11.1 Å². The molecule has 0 spiro atoms. The molecule has 0 heterocycles. The first-order valence-electron chi connectivity index (χ1n) is 5.29. The van der Waals surface area contributed by atoms with Gasteiger partial charge in [-0.05, 0) is 52.3 Å². The van der Waals surface area contributed by atoms with Crippen molar-refractivity contribution in [2.24, 2.45) is 0 Å². The number of rotatable bonds is 2. The molecule has 0 radical (unpaired) electrons. The molecule has 0 atom stereocenters. The number of hydrogen-bond acceptors (Lipinski definition) is 2. The molecule has 0 aliphatic carbocycles. The van der Waals surface area contributed by atoms with E-state index >= 15 is 0 Å². The molecule has 0 unspecified atom stereocenters. The van der Waals surface area contributed by atoms with Crippen LogP contribution in [-0.2, 0) is 0 Å². The van der Waals surface area contributed by atoms with Gasteiger partial charge in [0.25, 0.3) is 5.91 Å². The Morgan fingerprint density at radius 2 is 1.89 bits per heavy atom. The molecule has 0 bridgehead atoms. The number of halogens is 3. The van der Waals surface area contributed by atoms with Crippen molar-refractivity contribution in [1.82, 2.24) is 0 Å². The van der Waals surface area contributed by atoms with Crippen LogP contribution in [0, 0.1) is 5.82 Å². The number of hydrogen-bond donors (Lipinski definition) is 2.